The van der Waals surface area contributed by atoms with Crippen LogP contribution in [0.1, 0.15) is 53.1 Å². The number of hydrogen-bond donors (Lipinski definition) is 3. The molecule has 5 rings (SSSR count). The number of nitrogens with two attached hydrogens (primary N) is 1. The molecule has 2 aliphatic rings. The number of hydrogen-bond acceptors (Lipinski definition) is 3. The molecule has 3 aromatic rings. The molecule has 4 N–H and O–H groups in total. The van der Waals surface area contributed by atoms with Crippen LogP contribution < -0.4 is 21.7 Å². The number of nitrogens with zero attached hydrogens (tertiary/aromatic N) is 1. The first-order valence-electron chi connectivity index (χ1n) is 11.4. The molecule has 0 saturated heterocycles. The van der Waals surface area contributed by atoms with Gasteiger partial charge in [0.15, 0.2) is 0 Å². The lowest BCUT2D eigenvalue weighted by Gasteiger charge is -2.30. The summed E-state index contributed by atoms with van der Waals surface area (Å²) in [5, 5.41) is 10.3. The van der Waals surface area contributed by atoms with Gasteiger partial charge in [0.1, 0.15) is 0 Å². The first kappa shape index (κ1) is 21.2. The predicted octanol–water partition coefficient (Wildman–Crippen LogP) is 5.05. The van der Waals surface area contributed by atoms with E-state index in [4.69, 9.17) is 5.73 Å². The molecule has 1 aliphatic carbocycles. The first-order chi connectivity index (χ1) is 16.1. The SMILES string of the molecule is NC(=O)c1cc2c(cc1C1CCC(NCc3ccc(-c4ccccc4)cc3)CC1)NC(=O)[N]2. The van der Waals surface area contributed by atoms with Gasteiger partial charge in [-0.15, -0.1) is 0 Å². The van der Waals surface area contributed by atoms with Crippen LogP contribution in [0, 0.1) is 0 Å². The number of urea groups is 1. The van der Waals surface area contributed by atoms with Gasteiger partial charge in [0, 0.05) is 18.2 Å². The zero-order valence-electron chi connectivity index (χ0n) is 18.4. The van der Waals surface area contributed by atoms with Crippen molar-refractivity contribution in [3.63, 3.8) is 0 Å². The summed E-state index contributed by atoms with van der Waals surface area (Å²) in [6.45, 7) is 0.837. The van der Waals surface area contributed by atoms with E-state index >= 15 is 0 Å². The van der Waals surface area contributed by atoms with Crippen LogP contribution in [0.25, 0.3) is 11.1 Å². The van der Waals surface area contributed by atoms with Crippen LogP contribution in [-0.4, -0.2) is 18.0 Å². The van der Waals surface area contributed by atoms with Crippen LogP contribution in [0.4, 0.5) is 16.2 Å². The Morgan fingerprint density at radius 1 is 0.970 bits per heavy atom. The molecule has 1 fully saturated rings. The summed E-state index contributed by atoms with van der Waals surface area (Å²) in [6.07, 6.45) is 3.99. The van der Waals surface area contributed by atoms with Gasteiger partial charge < -0.3 is 16.4 Å². The second-order valence-corrected chi connectivity index (χ2v) is 8.86. The predicted molar refractivity (Wildman–Crippen MR) is 129 cm³/mol. The van der Waals surface area contributed by atoms with E-state index in [9.17, 15) is 9.59 Å². The standard InChI is InChI=1S/C27H27N4O2/c28-26(32)23-15-25-24(30-27(33)31-25)14-22(23)20-10-12-21(13-11-20)29-16-17-6-8-19(9-7-17)18-4-2-1-3-5-18/h1-9,14-15,20-21,29H,10-13,16H2,(H2,28,32)(H,30,33). The third-order valence-corrected chi connectivity index (χ3v) is 6.72. The van der Waals surface area contributed by atoms with Crippen LogP contribution in [0.3, 0.4) is 0 Å². The number of amides is 3. The van der Waals surface area contributed by atoms with Crippen molar-refractivity contribution in [2.45, 2.75) is 44.2 Å². The van der Waals surface area contributed by atoms with Crippen molar-refractivity contribution in [3.8, 4) is 11.1 Å². The maximum Gasteiger partial charge on any atom is 0.346 e. The van der Waals surface area contributed by atoms with E-state index in [0.717, 1.165) is 37.8 Å². The lowest BCUT2D eigenvalue weighted by molar-refractivity contribution is 0.0998. The van der Waals surface area contributed by atoms with Crippen molar-refractivity contribution >= 4 is 23.3 Å². The topological polar surface area (TPSA) is 98.3 Å². The summed E-state index contributed by atoms with van der Waals surface area (Å²) in [6, 6.07) is 22.7. The summed E-state index contributed by atoms with van der Waals surface area (Å²) in [5.74, 6) is -0.222. The molecule has 0 aromatic heterocycles. The minimum Gasteiger partial charge on any atom is -0.366 e. The number of nitrogens with one attached hydrogen (secondary N) is 2. The van der Waals surface area contributed by atoms with Gasteiger partial charge in [-0.2, -0.15) is 5.32 Å². The number of anilines is 1. The van der Waals surface area contributed by atoms with Gasteiger partial charge >= 0.3 is 6.03 Å². The third-order valence-electron chi connectivity index (χ3n) is 6.72. The van der Waals surface area contributed by atoms with Crippen LogP contribution in [-0.2, 0) is 6.54 Å². The number of rotatable bonds is 6. The summed E-state index contributed by atoms with van der Waals surface area (Å²) < 4.78 is 0. The molecule has 0 unspecified atom stereocenters. The zero-order valence-corrected chi connectivity index (χ0v) is 18.4. The molecule has 0 bridgehead atoms. The summed E-state index contributed by atoms with van der Waals surface area (Å²) in [4.78, 5) is 23.6. The molecule has 1 aliphatic heterocycles. The van der Waals surface area contributed by atoms with Crippen molar-refractivity contribution < 1.29 is 9.59 Å². The van der Waals surface area contributed by atoms with E-state index in [1.165, 1.54) is 16.7 Å². The minimum absolute atomic E-state index is 0.249. The monoisotopic (exact) mass is 439 g/mol. The van der Waals surface area contributed by atoms with E-state index in [1.54, 1.807) is 6.07 Å². The fourth-order valence-corrected chi connectivity index (χ4v) is 4.92. The van der Waals surface area contributed by atoms with Crippen molar-refractivity contribution in [1.82, 2.24) is 10.6 Å². The van der Waals surface area contributed by atoms with E-state index in [1.807, 2.05) is 12.1 Å². The summed E-state index contributed by atoms with van der Waals surface area (Å²) >= 11 is 0. The number of carbonyl (C=O) groups excluding carboxylic acids is 2. The van der Waals surface area contributed by atoms with Crippen LogP contribution in [0.2, 0.25) is 0 Å². The highest BCUT2D eigenvalue weighted by molar-refractivity contribution is 6.05. The van der Waals surface area contributed by atoms with E-state index in [2.05, 4.69) is 64.5 Å². The largest absolute Gasteiger partial charge is 0.366 e. The number of fused-ring (bicyclic) bond motifs is 1. The van der Waals surface area contributed by atoms with Gasteiger partial charge in [0.05, 0.1) is 11.4 Å². The Kier molecular flexibility index (Phi) is 5.84. The molecule has 0 spiro atoms. The molecule has 1 radical (unpaired) electrons. The number of primary amides is 1. The smallest absolute Gasteiger partial charge is 0.346 e. The van der Waals surface area contributed by atoms with Gasteiger partial charge in [0.2, 0.25) is 5.91 Å². The van der Waals surface area contributed by atoms with Crippen molar-refractivity contribution in [2.75, 3.05) is 5.32 Å². The second-order valence-electron chi connectivity index (χ2n) is 8.86. The molecule has 6 nitrogen and oxygen atoms in total. The quantitative estimate of drug-likeness (QED) is 0.501. The summed E-state index contributed by atoms with van der Waals surface area (Å²) in [5.41, 5.74) is 11.9. The van der Waals surface area contributed by atoms with Crippen LogP contribution in [0.15, 0.2) is 66.7 Å². The maximum absolute atomic E-state index is 12.0. The number of benzene rings is 3. The normalized spacial score (nSPS) is 19.5. The van der Waals surface area contributed by atoms with E-state index in [0.29, 0.717) is 23.0 Å². The highest BCUT2D eigenvalue weighted by Crippen LogP contribution is 2.39. The molecule has 33 heavy (non-hydrogen) atoms. The minimum atomic E-state index is -0.471. The van der Waals surface area contributed by atoms with Gasteiger partial charge in [-0.05, 0) is 66.0 Å². The molecule has 1 saturated carbocycles. The van der Waals surface area contributed by atoms with Gasteiger partial charge in [-0.1, -0.05) is 54.6 Å². The zero-order chi connectivity index (χ0) is 22.8. The first-order valence-corrected chi connectivity index (χ1v) is 11.4. The highest BCUT2D eigenvalue weighted by atomic mass is 16.2. The van der Waals surface area contributed by atoms with Crippen molar-refractivity contribution in [1.29, 1.82) is 0 Å². The van der Waals surface area contributed by atoms with Crippen LogP contribution in [0.5, 0.6) is 0 Å². The van der Waals surface area contributed by atoms with Gasteiger partial charge in [0.25, 0.3) is 0 Å². The average Bonchev–Trinajstić information content (AvgIpc) is 3.22. The Morgan fingerprint density at radius 3 is 2.36 bits per heavy atom. The van der Waals surface area contributed by atoms with Crippen molar-refractivity contribution in [2.24, 2.45) is 5.73 Å². The Labute approximate surface area is 193 Å². The molecule has 3 aromatic carbocycles. The molecule has 6 heteroatoms. The van der Waals surface area contributed by atoms with Gasteiger partial charge in [-0.3, -0.25) is 4.79 Å². The maximum atomic E-state index is 12.0. The van der Waals surface area contributed by atoms with Crippen LogP contribution >= 0.6 is 0 Å². The molecule has 0 atom stereocenters. The summed E-state index contributed by atoms with van der Waals surface area (Å²) in [7, 11) is 0. The van der Waals surface area contributed by atoms with E-state index in [-0.39, 0.29) is 5.92 Å². The Bertz CT molecular complexity index is 1170. The highest BCUT2D eigenvalue weighted by Gasteiger charge is 2.29. The fraction of sp³-hybridized carbons (Fsp3) is 0.259. The lowest BCUT2D eigenvalue weighted by atomic mass is 9.79. The lowest BCUT2D eigenvalue weighted by Crippen LogP contribution is -2.32. The molecule has 167 valence electrons. The third kappa shape index (κ3) is 4.61. The molecular formula is C27H27N4O2. The average molecular weight is 440 g/mol. The fourth-order valence-electron chi connectivity index (χ4n) is 4.92. The Morgan fingerprint density at radius 2 is 1.67 bits per heavy atom. The second kappa shape index (κ2) is 9.08. The molecule has 1 heterocycles. The molecular weight excluding hydrogens is 412 g/mol. The van der Waals surface area contributed by atoms with E-state index < -0.39 is 11.9 Å². The number of carbonyl (C=O) groups is 2. The van der Waals surface area contributed by atoms with Crippen molar-refractivity contribution in [3.05, 3.63) is 83.4 Å². The van der Waals surface area contributed by atoms with Gasteiger partial charge in [-0.25, -0.2) is 4.79 Å². The molecule has 3 amide bonds. The Balaban J connectivity index is 1.19. The Hall–Kier alpha value is -3.64.